The van der Waals surface area contributed by atoms with Gasteiger partial charge in [0.1, 0.15) is 5.75 Å². The summed E-state index contributed by atoms with van der Waals surface area (Å²) < 4.78 is 5.12. The molecule has 0 amide bonds. The molecule has 0 aromatic heterocycles. The fourth-order valence-corrected chi connectivity index (χ4v) is 1.73. The monoisotopic (exact) mass is 183 g/mol. The van der Waals surface area contributed by atoms with Crippen molar-refractivity contribution in [2.45, 2.75) is 0 Å². The minimum atomic E-state index is -0.0654. The first kappa shape index (κ1) is 9.34. The predicted molar refractivity (Wildman–Crippen MR) is 55.8 cm³/mol. The summed E-state index contributed by atoms with van der Waals surface area (Å²) in [6.45, 7) is 4.42. The first-order chi connectivity index (χ1) is 5.65. The van der Waals surface area contributed by atoms with Crippen LogP contribution in [-0.4, -0.2) is 20.4 Å². The number of rotatable bonds is 2. The largest absolute Gasteiger partial charge is 0.495 e. The van der Waals surface area contributed by atoms with Gasteiger partial charge in [-0.05, 0) is 30.8 Å². The Labute approximate surface area is 74.5 Å². The van der Waals surface area contributed by atoms with E-state index >= 15 is 0 Å². The number of hydrogen-bond acceptors (Lipinski definition) is 2. The van der Waals surface area contributed by atoms with Crippen LogP contribution in [0.4, 0.5) is 5.69 Å². The minimum Gasteiger partial charge on any atom is -0.495 e. The molecule has 2 N–H and O–H groups in total. The van der Waals surface area contributed by atoms with E-state index in [2.05, 4.69) is 19.4 Å². The molecule has 0 saturated heterocycles. The number of hydrogen-bond donors (Lipinski definition) is 1. The van der Waals surface area contributed by atoms with Crippen LogP contribution >= 0.6 is 7.92 Å². The Morgan fingerprint density at radius 1 is 1.33 bits per heavy atom. The highest BCUT2D eigenvalue weighted by Crippen LogP contribution is 2.28. The van der Waals surface area contributed by atoms with Gasteiger partial charge < -0.3 is 10.5 Å². The van der Waals surface area contributed by atoms with E-state index in [4.69, 9.17) is 10.5 Å². The molecular weight excluding hydrogens is 169 g/mol. The number of nitrogen functional groups attached to an aromatic ring is 1. The molecule has 0 aliphatic carbocycles. The maximum atomic E-state index is 5.68. The van der Waals surface area contributed by atoms with Crippen LogP contribution in [0.15, 0.2) is 18.2 Å². The summed E-state index contributed by atoms with van der Waals surface area (Å²) in [7, 11) is 1.58. The van der Waals surface area contributed by atoms with E-state index in [1.807, 2.05) is 12.1 Å². The van der Waals surface area contributed by atoms with Crippen molar-refractivity contribution in [1.29, 1.82) is 0 Å². The SMILES string of the molecule is COc1cc(P(C)C)ccc1N. The third kappa shape index (κ3) is 1.89. The van der Waals surface area contributed by atoms with Crippen molar-refractivity contribution in [3.8, 4) is 5.75 Å². The van der Waals surface area contributed by atoms with Crippen LogP contribution in [0.1, 0.15) is 0 Å². The van der Waals surface area contributed by atoms with Crippen LogP contribution in [0.25, 0.3) is 0 Å². The minimum absolute atomic E-state index is 0.0654. The Morgan fingerprint density at radius 2 is 2.00 bits per heavy atom. The summed E-state index contributed by atoms with van der Waals surface area (Å²) in [5, 5.41) is 1.32. The molecule has 0 heterocycles. The van der Waals surface area contributed by atoms with Crippen molar-refractivity contribution in [2.75, 3.05) is 26.2 Å². The molecule has 0 aliphatic rings. The zero-order chi connectivity index (χ0) is 9.14. The van der Waals surface area contributed by atoms with Crippen molar-refractivity contribution >= 4 is 18.9 Å². The van der Waals surface area contributed by atoms with Crippen LogP contribution < -0.4 is 15.8 Å². The molecule has 0 bridgehead atoms. The smallest absolute Gasteiger partial charge is 0.142 e. The van der Waals surface area contributed by atoms with Crippen molar-refractivity contribution in [3.05, 3.63) is 18.2 Å². The molecule has 12 heavy (non-hydrogen) atoms. The molecule has 66 valence electrons. The third-order valence-corrected chi connectivity index (χ3v) is 3.04. The molecular formula is C9H14NOP. The summed E-state index contributed by atoms with van der Waals surface area (Å²) in [4.78, 5) is 0. The van der Waals surface area contributed by atoms with Crippen LogP contribution in [0.3, 0.4) is 0 Å². The fourth-order valence-electron chi connectivity index (χ4n) is 0.978. The lowest BCUT2D eigenvalue weighted by atomic mass is 10.3. The van der Waals surface area contributed by atoms with Crippen LogP contribution in [-0.2, 0) is 0 Å². The zero-order valence-corrected chi connectivity index (χ0v) is 8.56. The standard InChI is InChI=1S/C9H14NOP/c1-11-9-6-7(12(2)3)4-5-8(9)10/h4-6H,10H2,1-3H3. The Kier molecular flexibility index (Phi) is 2.93. The van der Waals surface area contributed by atoms with Gasteiger partial charge in [-0.1, -0.05) is 14.0 Å². The molecule has 1 aromatic carbocycles. The van der Waals surface area contributed by atoms with E-state index in [0.29, 0.717) is 5.69 Å². The second-order valence-electron chi connectivity index (χ2n) is 2.82. The van der Waals surface area contributed by atoms with Crippen molar-refractivity contribution < 1.29 is 4.74 Å². The maximum Gasteiger partial charge on any atom is 0.142 e. The van der Waals surface area contributed by atoms with Gasteiger partial charge in [0.2, 0.25) is 0 Å². The van der Waals surface area contributed by atoms with Gasteiger partial charge >= 0.3 is 0 Å². The van der Waals surface area contributed by atoms with Crippen LogP contribution in [0.5, 0.6) is 5.75 Å². The molecule has 0 unspecified atom stereocenters. The molecule has 0 fully saturated rings. The Bertz CT molecular complexity index is 273. The van der Waals surface area contributed by atoms with Gasteiger partial charge in [0, 0.05) is 0 Å². The number of benzene rings is 1. The molecule has 2 nitrogen and oxygen atoms in total. The lowest BCUT2D eigenvalue weighted by Crippen LogP contribution is -2.02. The second kappa shape index (κ2) is 3.77. The highest BCUT2D eigenvalue weighted by Gasteiger charge is 2.02. The van der Waals surface area contributed by atoms with Gasteiger partial charge in [-0.3, -0.25) is 0 Å². The van der Waals surface area contributed by atoms with Crippen molar-refractivity contribution in [2.24, 2.45) is 0 Å². The molecule has 0 radical (unpaired) electrons. The zero-order valence-electron chi connectivity index (χ0n) is 7.66. The molecule has 1 aromatic rings. The highest BCUT2D eigenvalue weighted by atomic mass is 31.1. The topological polar surface area (TPSA) is 35.2 Å². The van der Waals surface area contributed by atoms with Gasteiger partial charge in [-0.15, -0.1) is 0 Å². The molecule has 0 saturated carbocycles. The third-order valence-electron chi connectivity index (χ3n) is 1.73. The normalized spacial score (nSPS) is 10.3. The first-order valence-corrected chi connectivity index (χ1v) is 5.99. The van der Waals surface area contributed by atoms with E-state index in [-0.39, 0.29) is 7.92 Å². The van der Waals surface area contributed by atoms with E-state index < -0.39 is 0 Å². The average molecular weight is 183 g/mol. The Hall–Kier alpha value is -0.750. The number of nitrogens with two attached hydrogens (primary N) is 1. The number of methoxy groups -OCH3 is 1. The number of ether oxygens (including phenoxy) is 1. The molecule has 0 aliphatic heterocycles. The first-order valence-electron chi connectivity index (χ1n) is 3.76. The van der Waals surface area contributed by atoms with E-state index in [9.17, 15) is 0 Å². The lowest BCUT2D eigenvalue weighted by molar-refractivity contribution is 0.417. The average Bonchev–Trinajstić information content (AvgIpc) is 2.05. The molecule has 0 spiro atoms. The van der Waals surface area contributed by atoms with Gasteiger partial charge in [-0.25, -0.2) is 0 Å². The van der Waals surface area contributed by atoms with E-state index in [1.165, 1.54) is 5.30 Å². The van der Waals surface area contributed by atoms with Crippen molar-refractivity contribution in [3.63, 3.8) is 0 Å². The summed E-state index contributed by atoms with van der Waals surface area (Å²) in [6.07, 6.45) is 0. The molecule has 3 heteroatoms. The molecule has 1 rings (SSSR count). The van der Waals surface area contributed by atoms with E-state index in [1.54, 1.807) is 7.11 Å². The Balaban J connectivity index is 3.05. The number of anilines is 1. The molecule has 0 atom stereocenters. The summed E-state index contributed by atoms with van der Waals surface area (Å²) in [6, 6.07) is 5.97. The van der Waals surface area contributed by atoms with Crippen molar-refractivity contribution in [1.82, 2.24) is 0 Å². The summed E-state index contributed by atoms with van der Waals surface area (Å²) in [5.41, 5.74) is 6.39. The van der Waals surface area contributed by atoms with E-state index in [0.717, 1.165) is 5.75 Å². The predicted octanol–water partition coefficient (Wildman–Crippen LogP) is 1.64. The maximum absolute atomic E-state index is 5.68. The summed E-state index contributed by atoms with van der Waals surface area (Å²) in [5.74, 6) is 0.781. The van der Waals surface area contributed by atoms with Gasteiger partial charge in [-0.2, -0.15) is 0 Å². The van der Waals surface area contributed by atoms with Gasteiger partial charge in [0.05, 0.1) is 12.8 Å². The second-order valence-corrected chi connectivity index (χ2v) is 5.13. The fraction of sp³-hybridized carbons (Fsp3) is 0.333. The quantitative estimate of drug-likeness (QED) is 0.558. The lowest BCUT2D eigenvalue weighted by Gasteiger charge is -2.09. The Morgan fingerprint density at radius 3 is 2.50 bits per heavy atom. The highest BCUT2D eigenvalue weighted by molar-refractivity contribution is 7.64. The van der Waals surface area contributed by atoms with Gasteiger partial charge in [0.25, 0.3) is 0 Å². The van der Waals surface area contributed by atoms with Crippen LogP contribution in [0.2, 0.25) is 0 Å². The van der Waals surface area contributed by atoms with Crippen LogP contribution in [0, 0.1) is 0 Å². The van der Waals surface area contributed by atoms with Gasteiger partial charge in [0.15, 0.2) is 0 Å². The summed E-state index contributed by atoms with van der Waals surface area (Å²) >= 11 is 0.